The number of hydrogen-bond acceptors (Lipinski definition) is 3. The summed E-state index contributed by atoms with van der Waals surface area (Å²) in [7, 11) is 8.13. The average Bonchev–Trinajstić information content (AvgIpc) is 2.43. The second-order valence-electron chi connectivity index (χ2n) is 6.37. The SMILES string of the molecule is CN(C)C[C@@H]1CCC/C(=C/c2ccc(N(C)C)cc2)C1=O. The first kappa shape index (κ1) is 15.8. The lowest BCUT2D eigenvalue weighted by atomic mass is 9.83. The number of allylic oxidation sites excluding steroid dienone is 1. The smallest absolute Gasteiger partial charge is 0.163 e. The molecule has 0 unspecified atom stereocenters. The van der Waals surface area contributed by atoms with Gasteiger partial charge in [-0.15, -0.1) is 0 Å². The van der Waals surface area contributed by atoms with E-state index in [4.69, 9.17) is 0 Å². The fourth-order valence-corrected chi connectivity index (χ4v) is 2.88. The molecule has 1 aromatic carbocycles. The summed E-state index contributed by atoms with van der Waals surface area (Å²) in [5.74, 6) is 0.507. The minimum atomic E-state index is 0.168. The van der Waals surface area contributed by atoms with Crippen LogP contribution in [0.2, 0.25) is 0 Å². The van der Waals surface area contributed by atoms with E-state index < -0.39 is 0 Å². The number of anilines is 1. The van der Waals surface area contributed by atoms with Gasteiger partial charge in [0, 0.05) is 32.2 Å². The number of ketones is 1. The largest absolute Gasteiger partial charge is 0.378 e. The van der Waals surface area contributed by atoms with Crippen molar-refractivity contribution in [2.24, 2.45) is 5.92 Å². The maximum atomic E-state index is 12.5. The van der Waals surface area contributed by atoms with Crippen LogP contribution in [-0.4, -0.2) is 45.4 Å². The van der Waals surface area contributed by atoms with Crippen LogP contribution in [0.4, 0.5) is 5.69 Å². The van der Waals surface area contributed by atoms with Gasteiger partial charge in [0.25, 0.3) is 0 Å². The summed E-state index contributed by atoms with van der Waals surface area (Å²) >= 11 is 0. The molecular formula is C18H26N2O. The van der Waals surface area contributed by atoms with Crippen LogP contribution in [0.3, 0.4) is 0 Å². The summed E-state index contributed by atoms with van der Waals surface area (Å²) in [6.45, 7) is 0.857. The molecule has 1 aliphatic carbocycles. The Morgan fingerprint density at radius 2 is 1.81 bits per heavy atom. The van der Waals surface area contributed by atoms with Crippen LogP contribution >= 0.6 is 0 Å². The molecule has 2 rings (SSSR count). The lowest BCUT2D eigenvalue weighted by Gasteiger charge is -2.25. The van der Waals surface area contributed by atoms with E-state index in [0.717, 1.165) is 36.9 Å². The summed E-state index contributed by atoms with van der Waals surface area (Å²) < 4.78 is 0. The number of hydrogen-bond donors (Lipinski definition) is 0. The molecule has 1 aliphatic rings. The lowest BCUT2D eigenvalue weighted by Crippen LogP contribution is -2.31. The monoisotopic (exact) mass is 286 g/mol. The molecule has 1 saturated carbocycles. The molecule has 21 heavy (non-hydrogen) atoms. The molecule has 1 aromatic rings. The molecule has 114 valence electrons. The summed E-state index contributed by atoms with van der Waals surface area (Å²) in [6, 6.07) is 8.37. The first-order valence-electron chi connectivity index (χ1n) is 7.64. The van der Waals surface area contributed by atoms with Crippen LogP contribution in [0.25, 0.3) is 6.08 Å². The molecule has 0 aliphatic heterocycles. The van der Waals surface area contributed by atoms with E-state index in [2.05, 4.69) is 40.1 Å². The van der Waals surface area contributed by atoms with E-state index in [1.807, 2.05) is 28.2 Å². The average molecular weight is 286 g/mol. The molecule has 0 heterocycles. The molecule has 0 saturated heterocycles. The quantitative estimate of drug-likeness (QED) is 0.795. The zero-order chi connectivity index (χ0) is 15.4. The van der Waals surface area contributed by atoms with Crippen LogP contribution in [0.15, 0.2) is 29.8 Å². The van der Waals surface area contributed by atoms with Crippen LogP contribution in [0.5, 0.6) is 0 Å². The zero-order valence-corrected chi connectivity index (χ0v) is 13.6. The number of benzene rings is 1. The van der Waals surface area contributed by atoms with E-state index in [-0.39, 0.29) is 5.92 Å². The first-order chi connectivity index (χ1) is 9.97. The third-order valence-electron chi connectivity index (χ3n) is 4.02. The highest BCUT2D eigenvalue weighted by Crippen LogP contribution is 2.27. The van der Waals surface area contributed by atoms with Gasteiger partial charge in [-0.3, -0.25) is 4.79 Å². The summed E-state index contributed by atoms with van der Waals surface area (Å²) in [4.78, 5) is 16.7. The van der Waals surface area contributed by atoms with Crippen LogP contribution in [0, 0.1) is 5.92 Å². The topological polar surface area (TPSA) is 23.6 Å². The molecule has 0 spiro atoms. The molecule has 1 fully saturated rings. The Labute approximate surface area is 128 Å². The molecule has 3 nitrogen and oxygen atoms in total. The van der Waals surface area contributed by atoms with Crippen molar-refractivity contribution >= 4 is 17.5 Å². The Balaban J connectivity index is 2.13. The van der Waals surface area contributed by atoms with Crippen LogP contribution < -0.4 is 4.90 Å². The minimum absolute atomic E-state index is 0.168. The summed E-state index contributed by atoms with van der Waals surface area (Å²) in [6.07, 6.45) is 5.13. The van der Waals surface area contributed by atoms with Crippen molar-refractivity contribution in [2.45, 2.75) is 19.3 Å². The van der Waals surface area contributed by atoms with Crippen molar-refractivity contribution in [3.63, 3.8) is 0 Å². The highest BCUT2D eigenvalue weighted by molar-refractivity contribution is 6.01. The maximum Gasteiger partial charge on any atom is 0.163 e. The number of Topliss-reactive ketones (excluding diaryl/α,β-unsaturated/α-hetero) is 1. The predicted octanol–water partition coefficient (Wildman–Crippen LogP) is 3.07. The van der Waals surface area contributed by atoms with Crippen molar-refractivity contribution in [3.05, 3.63) is 35.4 Å². The standard InChI is InChI=1S/C18H26N2O/c1-19(2)13-16-7-5-6-15(18(16)21)12-14-8-10-17(11-9-14)20(3)4/h8-12,16H,5-7,13H2,1-4H3/b15-12-/t16-/m0/s1. The highest BCUT2D eigenvalue weighted by Gasteiger charge is 2.26. The third kappa shape index (κ3) is 4.18. The van der Waals surface area contributed by atoms with Gasteiger partial charge in [0.2, 0.25) is 0 Å². The first-order valence-corrected chi connectivity index (χ1v) is 7.64. The van der Waals surface area contributed by atoms with E-state index in [9.17, 15) is 4.79 Å². The van der Waals surface area contributed by atoms with Gasteiger partial charge >= 0.3 is 0 Å². The number of carbonyl (C=O) groups is 1. The minimum Gasteiger partial charge on any atom is -0.378 e. The number of rotatable bonds is 4. The van der Waals surface area contributed by atoms with Gasteiger partial charge in [-0.2, -0.15) is 0 Å². The molecule has 0 bridgehead atoms. The number of nitrogens with zero attached hydrogens (tertiary/aromatic N) is 2. The maximum absolute atomic E-state index is 12.5. The molecule has 0 amide bonds. The van der Waals surface area contributed by atoms with E-state index in [1.54, 1.807) is 0 Å². The molecular weight excluding hydrogens is 260 g/mol. The predicted molar refractivity (Wildman–Crippen MR) is 89.6 cm³/mol. The van der Waals surface area contributed by atoms with Crippen molar-refractivity contribution in [1.82, 2.24) is 4.90 Å². The Kier molecular flexibility index (Phi) is 5.18. The lowest BCUT2D eigenvalue weighted by molar-refractivity contribution is -0.120. The van der Waals surface area contributed by atoms with Gasteiger partial charge in [-0.05, 0) is 62.7 Å². The van der Waals surface area contributed by atoms with E-state index in [1.165, 1.54) is 5.69 Å². The fourth-order valence-electron chi connectivity index (χ4n) is 2.88. The zero-order valence-electron chi connectivity index (χ0n) is 13.6. The van der Waals surface area contributed by atoms with Gasteiger partial charge in [0.1, 0.15) is 0 Å². The Hall–Kier alpha value is -1.61. The van der Waals surface area contributed by atoms with Crippen molar-refractivity contribution < 1.29 is 4.79 Å². The molecule has 0 radical (unpaired) electrons. The van der Waals surface area contributed by atoms with Crippen molar-refractivity contribution in [3.8, 4) is 0 Å². The fraction of sp³-hybridized carbons (Fsp3) is 0.500. The van der Waals surface area contributed by atoms with Gasteiger partial charge in [-0.25, -0.2) is 0 Å². The van der Waals surface area contributed by atoms with E-state index >= 15 is 0 Å². The van der Waals surface area contributed by atoms with Gasteiger partial charge < -0.3 is 9.80 Å². The molecule has 0 aromatic heterocycles. The molecule has 1 atom stereocenters. The Morgan fingerprint density at radius 3 is 2.38 bits per heavy atom. The third-order valence-corrected chi connectivity index (χ3v) is 4.02. The molecule has 3 heteroatoms. The van der Waals surface area contributed by atoms with Crippen molar-refractivity contribution in [2.75, 3.05) is 39.6 Å². The highest BCUT2D eigenvalue weighted by atomic mass is 16.1. The van der Waals surface area contributed by atoms with Gasteiger partial charge in [-0.1, -0.05) is 12.1 Å². The van der Waals surface area contributed by atoms with Gasteiger partial charge in [0.05, 0.1) is 0 Å². The summed E-state index contributed by atoms with van der Waals surface area (Å²) in [5.41, 5.74) is 3.29. The normalized spacial score (nSPS) is 21.1. The molecule has 0 N–H and O–H groups in total. The second-order valence-corrected chi connectivity index (χ2v) is 6.37. The summed E-state index contributed by atoms with van der Waals surface area (Å²) in [5, 5.41) is 0. The number of carbonyl (C=O) groups excluding carboxylic acids is 1. The Morgan fingerprint density at radius 1 is 1.14 bits per heavy atom. The Bertz CT molecular complexity index is 515. The van der Waals surface area contributed by atoms with Crippen LogP contribution in [0.1, 0.15) is 24.8 Å². The van der Waals surface area contributed by atoms with Gasteiger partial charge in [0.15, 0.2) is 5.78 Å². The second kappa shape index (κ2) is 6.90. The van der Waals surface area contributed by atoms with Crippen LogP contribution in [-0.2, 0) is 4.79 Å². The van der Waals surface area contributed by atoms with E-state index in [0.29, 0.717) is 5.78 Å². The van der Waals surface area contributed by atoms with Crippen molar-refractivity contribution in [1.29, 1.82) is 0 Å².